The van der Waals surface area contributed by atoms with E-state index in [0.29, 0.717) is 0 Å². The number of fused-ring (bicyclic) bond motifs is 1. The molecule has 0 atom stereocenters. The molecule has 3 fully saturated rings. The fourth-order valence-corrected chi connectivity index (χ4v) is 3.41. The summed E-state index contributed by atoms with van der Waals surface area (Å²) >= 11 is 0. The van der Waals surface area contributed by atoms with Crippen LogP contribution in [0.2, 0.25) is 0 Å². The molecule has 0 aromatic rings. The summed E-state index contributed by atoms with van der Waals surface area (Å²) < 4.78 is 5.49. The molecule has 0 aromatic carbocycles. The van der Waals surface area contributed by atoms with Crippen molar-refractivity contribution in [3.05, 3.63) is 0 Å². The fraction of sp³-hybridized carbons (Fsp3) is 0.909. The second-order valence-electron chi connectivity index (χ2n) is 4.88. The zero-order valence-electron chi connectivity index (χ0n) is 7.97. The van der Waals surface area contributed by atoms with Crippen molar-refractivity contribution in [2.24, 2.45) is 5.41 Å². The maximum atomic E-state index is 11.5. The van der Waals surface area contributed by atoms with Gasteiger partial charge in [0, 0.05) is 0 Å². The zero-order chi connectivity index (χ0) is 8.94. The van der Waals surface area contributed by atoms with Gasteiger partial charge in [-0.2, -0.15) is 0 Å². The number of carbonyl (C=O) groups excluding carboxylic acids is 1. The Bertz CT molecular complexity index is 247. The molecule has 72 valence electrons. The second-order valence-corrected chi connectivity index (χ2v) is 4.88. The van der Waals surface area contributed by atoms with Crippen molar-refractivity contribution in [3.63, 3.8) is 0 Å². The summed E-state index contributed by atoms with van der Waals surface area (Å²) in [4.78, 5) is 11.5. The Balaban J connectivity index is 1.87. The van der Waals surface area contributed by atoms with Crippen LogP contribution in [0.25, 0.3) is 0 Å². The van der Waals surface area contributed by atoms with Gasteiger partial charge >= 0.3 is 5.97 Å². The molecule has 1 aliphatic heterocycles. The molecule has 13 heavy (non-hydrogen) atoms. The van der Waals surface area contributed by atoms with Gasteiger partial charge < -0.3 is 4.74 Å². The predicted molar refractivity (Wildman–Crippen MR) is 48.2 cm³/mol. The van der Waals surface area contributed by atoms with Gasteiger partial charge in [-0.1, -0.05) is 12.8 Å². The van der Waals surface area contributed by atoms with E-state index in [4.69, 9.17) is 4.74 Å². The van der Waals surface area contributed by atoms with Crippen molar-refractivity contribution >= 4 is 5.97 Å². The lowest BCUT2D eigenvalue weighted by Gasteiger charge is -2.62. The van der Waals surface area contributed by atoms with E-state index in [-0.39, 0.29) is 17.0 Å². The Labute approximate surface area is 78.6 Å². The maximum absolute atomic E-state index is 11.5. The van der Waals surface area contributed by atoms with Crippen LogP contribution in [0.4, 0.5) is 0 Å². The van der Waals surface area contributed by atoms with E-state index in [1.165, 1.54) is 25.7 Å². The highest BCUT2D eigenvalue weighted by atomic mass is 16.6. The second kappa shape index (κ2) is 2.28. The molecule has 2 nitrogen and oxygen atoms in total. The first-order valence-electron chi connectivity index (χ1n) is 5.53. The maximum Gasteiger partial charge on any atom is 0.316 e. The molecular formula is C11H16O2. The summed E-state index contributed by atoms with van der Waals surface area (Å²) in [5.41, 5.74) is 0.0218. The third-order valence-corrected chi connectivity index (χ3v) is 4.42. The average Bonchev–Trinajstić information content (AvgIpc) is 2.02. The van der Waals surface area contributed by atoms with Gasteiger partial charge in [0.25, 0.3) is 0 Å². The third-order valence-electron chi connectivity index (χ3n) is 4.42. The van der Waals surface area contributed by atoms with Crippen molar-refractivity contribution in [2.45, 2.75) is 57.0 Å². The molecule has 0 unspecified atom stereocenters. The quantitative estimate of drug-likeness (QED) is 0.535. The van der Waals surface area contributed by atoms with Crippen LogP contribution < -0.4 is 0 Å². The minimum Gasteiger partial charge on any atom is -0.457 e. The summed E-state index contributed by atoms with van der Waals surface area (Å²) in [7, 11) is 0. The molecule has 2 saturated carbocycles. The molecule has 2 aliphatic carbocycles. The predicted octanol–water partition coefficient (Wildman–Crippen LogP) is 2.42. The highest BCUT2D eigenvalue weighted by Gasteiger charge is 2.70. The number of hydrogen-bond donors (Lipinski definition) is 0. The van der Waals surface area contributed by atoms with Gasteiger partial charge in [-0.05, 0) is 38.5 Å². The number of ether oxygens (including phenoxy) is 1. The summed E-state index contributed by atoms with van der Waals surface area (Å²) in [5.74, 6) is 0.112. The number of carbonyl (C=O) groups is 1. The van der Waals surface area contributed by atoms with Gasteiger partial charge in [0.2, 0.25) is 0 Å². The topological polar surface area (TPSA) is 26.3 Å². The van der Waals surface area contributed by atoms with Gasteiger partial charge in [0.15, 0.2) is 0 Å². The first-order chi connectivity index (χ1) is 6.29. The van der Waals surface area contributed by atoms with Crippen LogP contribution in [0.1, 0.15) is 51.4 Å². The monoisotopic (exact) mass is 180 g/mol. The van der Waals surface area contributed by atoms with E-state index in [1.54, 1.807) is 0 Å². The van der Waals surface area contributed by atoms with Gasteiger partial charge in [0.05, 0.1) is 0 Å². The van der Waals surface area contributed by atoms with Crippen LogP contribution in [0.5, 0.6) is 0 Å². The Kier molecular flexibility index (Phi) is 1.38. The smallest absolute Gasteiger partial charge is 0.316 e. The van der Waals surface area contributed by atoms with E-state index in [2.05, 4.69) is 0 Å². The highest BCUT2D eigenvalue weighted by molar-refractivity contribution is 5.86. The fourth-order valence-electron chi connectivity index (χ4n) is 3.41. The number of esters is 1. The Hall–Kier alpha value is -0.530. The molecule has 0 aromatic heterocycles. The normalized spacial score (nSPS) is 33.7. The highest BCUT2D eigenvalue weighted by Crippen LogP contribution is 2.63. The molecule has 3 aliphatic rings. The molecule has 0 radical (unpaired) electrons. The lowest BCUT2D eigenvalue weighted by Crippen LogP contribution is -2.70. The molecule has 1 heterocycles. The van der Waals surface area contributed by atoms with Crippen LogP contribution in [0.15, 0.2) is 0 Å². The van der Waals surface area contributed by atoms with E-state index in [0.717, 1.165) is 25.7 Å². The van der Waals surface area contributed by atoms with E-state index < -0.39 is 0 Å². The summed E-state index contributed by atoms with van der Waals surface area (Å²) in [6, 6.07) is 0. The Morgan fingerprint density at radius 3 is 2.08 bits per heavy atom. The van der Waals surface area contributed by atoms with Crippen molar-refractivity contribution in [2.75, 3.05) is 0 Å². The zero-order valence-corrected chi connectivity index (χ0v) is 7.97. The first-order valence-corrected chi connectivity index (χ1v) is 5.53. The van der Waals surface area contributed by atoms with Gasteiger partial charge in [0.1, 0.15) is 11.0 Å². The molecule has 1 saturated heterocycles. The van der Waals surface area contributed by atoms with Gasteiger partial charge in [-0.15, -0.1) is 0 Å². The third kappa shape index (κ3) is 0.733. The summed E-state index contributed by atoms with van der Waals surface area (Å²) in [6.07, 6.45) is 9.56. The SMILES string of the molecule is O=C1OC2(CCCCC2)C12CCC2. The molecule has 0 amide bonds. The molecule has 2 heteroatoms. The van der Waals surface area contributed by atoms with Crippen molar-refractivity contribution in [1.29, 1.82) is 0 Å². The van der Waals surface area contributed by atoms with Crippen LogP contribution in [-0.2, 0) is 9.53 Å². The van der Waals surface area contributed by atoms with E-state index >= 15 is 0 Å². The molecule has 3 rings (SSSR count). The summed E-state index contributed by atoms with van der Waals surface area (Å²) in [5, 5.41) is 0. The largest absolute Gasteiger partial charge is 0.457 e. The Morgan fingerprint density at radius 1 is 0.923 bits per heavy atom. The number of rotatable bonds is 0. The molecule has 0 bridgehead atoms. The molecule has 2 spiro atoms. The molecule has 0 N–H and O–H groups in total. The van der Waals surface area contributed by atoms with E-state index in [9.17, 15) is 4.79 Å². The number of hydrogen-bond acceptors (Lipinski definition) is 2. The standard InChI is InChI=1S/C11H16O2/c12-9-10(5-4-6-10)11(13-9)7-2-1-3-8-11/h1-8H2. The Morgan fingerprint density at radius 2 is 1.62 bits per heavy atom. The van der Waals surface area contributed by atoms with Crippen molar-refractivity contribution in [3.8, 4) is 0 Å². The van der Waals surface area contributed by atoms with Gasteiger partial charge in [-0.3, -0.25) is 4.79 Å². The van der Waals surface area contributed by atoms with Crippen molar-refractivity contribution in [1.82, 2.24) is 0 Å². The lowest BCUT2D eigenvalue weighted by molar-refractivity contribution is -0.270. The molecular weight excluding hydrogens is 164 g/mol. The first kappa shape index (κ1) is 7.84. The van der Waals surface area contributed by atoms with Gasteiger partial charge in [-0.25, -0.2) is 0 Å². The van der Waals surface area contributed by atoms with Crippen LogP contribution in [0.3, 0.4) is 0 Å². The van der Waals surface area contributed by atoms with E-state index in [1.807, 2.05) is 0 Å². The average molecular weight is 180 g/mol. The van der Waals surface area contributed by atoms with Crippen LogP contribution in [-0.4, -0.2) is 11.6 Å². The minimum absolute atomic E-state index is 0.00736. The van der Waals surface area contributed by atoms with Crippen LogP contribution >= 0.6 is 0 Å². The lowest BCUT2D eigenvalue weighted by atomic mass is 9.51. The minimum atomic E-state index is 0.00736. The summed E-state index contributed by atoms with van der Waals surface area (Å²) in [6.45, 7) is 0. The van der Waals surface area contributed by atoms with Crippen molar-refractivity contribution < 1.29 is 9.53 Å². The van der Waals surface area contributed by atoms with Crippen LogP contribution in [0, 0.1) is 5.41 Å².